The quantitative estimate of drug-likeness (QED) is 0.560. The molecule has 0 bridgehead atoms. The highest BCUT2D eigenvalue weighted by molar-refractivity contribution is 7.99. The van der Waals surface area contributed by atoms with Crippen LogP contribution in [0.5, 0.6) is 0 Å². The van der Waals surface area contributed by atoms with Crippen LogP contribution in [0.15, 0.2) is 87.5 Å². The molecule has 0 spiro atoms. The molecular formula is C22H16N4OS. The van der Waals surface area contributed by atoms with Crippen LogP contribution in [0, 0.1) is 18.3 Å². The fourth-order valence-electron chi connectivity index (χ4n) is 2.95. The minimum atomic E-state index is -0.168. The van der Waals surface area contributed by atoms with E-state index in [0.717, 1.165) is 21.0 Å². The van der Waals surface area contributed by atoms with Crippen LogP contribution in [0.1, 0.15) is 11.3 Å². The number of aromatic nitrogens is 3. The molecule has 5 nitrogen and oxygen atoms in total. The third-order valence-corrected chi connectivity index (χ3v) is 5.29. The number of aromatic amines is 1. The van der Waals surface area contributed by atoms with E-state index in [4.69, 9.17) is 5.26 Å². The smallest absolute Gasteiger partial charge is 0.280 e. The summed E-state index contributed by atoms with van der Waals surface area (Å²) in [7, 11) is 0. The molecule has 4 aromatic rings. The minimum Gasteiger partial charge on any atom is -0.293 e. The van der Waals surface area contributed by atoms with Gasteiger partial charge in [-0.25, -0.2) is 9.67 Å². The van der Waals surface area contributed by atoms with Crippen molar-refractivity contribution < 1.29 is 0 Å². The Balaban J connectivity index is 1.65. The van der Waals surface area contributed by atoms with E-state index in [2.05, 4.69) is 16.2 Å². The molecule has 0 amide bonds. The third-order valence-electron chi connectivity index (χ3n) is 4.30. The number of benzene rings is 2. The number of nitriles is 1. The van der Waals surface area contributed by atoms with Crippen LogP contribution >= 0.6 is 11.8 Å². The van der Waals surface area contributed by atoms with Crippen molar-refractivity contribution >= 4 is 11.8 Å². The summed E-state index contributed by atoms with van der Waals surface area (Å²) in [5, 5.41) is 12.0. The van der Waals surface area contributed by atoms with E-state index in [1.807, 2.05) is 49.4 Å². The molecule has 0 atom stereocenters. The molecule has 2 aromatic carbocycles. The van der Waals surface area contributed by atoms with Gasteiger partial charge in [-0.3, -0.25) is 9.89 Å². The molecule has 28 heavy (non-hydrogen) atoms. The fraction of sp³-hybridized carbons (Fsp3) is 0.0455. The Morgan fingerprint density at radius 2 is 1.75 bits per heavy atom. The number of H-pyrrole nitrogens is 1. The van der Waals surface area contributed by atoms with E-state index in [9.17, 15) is 4.79 Å². The molecule has 0 saturated heterocycles. The number of rotatable bonds is 4. The van der Waals surface area contributed by atoms with Gasteiger partial charge in [0.15, 0.2) is 5.82 Å². The van der Waals surface area contributed by atoms with Crippen molar-refractivity contribution in [3.05, 3.63) is 94.5 Å². The van der Waals surface area contributed by atoms with Gasteiger partial charge in [0.1, 0.15) is 0 Å². The van der Waals surface area contributed by atoms with E-state index in [0.29, 0.717) is 16.9 Å². The lowest BCUT2D eigenvalue weighted by atomic mass is 10.1. The number of pyridine rings is 1. The van der Waals surface area contributed by atoms with Gasteiger partial charge in [-0.15, -0.1) is 0 Å². The second-order valence-corrected chi connectivity index (χ2v) is 7.36. The highest BCUT2D eigenvalue weighted by Gasteiger charge is 2.15. The first-order valence-electron chi connectivity index (χ1n) is 8.67. The Kier molecular flexibility index (Phi) is 4.83. The third kappa shape index (κ3) is 3.48. The summed E-state index contributed by atoms with van der Waals surface area (Å²) in [6.07, 6.45) is 1.76. The molecule has 0 aliphatic rings. The maximum atomic E-state index is 12.9. The first-order valence-corrected chi connectivity index (χ1v) is 9.49. The van der Waals surface area contributed by atoms with Crippen molar-refractivity contribution in [2.24, 2.45) is 0 Å². The zero-order valence-electron chi connectivity index (χ0n) is 15.1. The molecule has 0 aliphatic carbocycles. The molecule has 0 saturated carbocycles. The number of hydrogen-bond acceptors (Lipinski definition) is 4. The lowest BCUT2D eigenvalue weighted by molar-refractivity contribution is 0.804. The van der Waals surface area contributed by atoms with Gasteiger partial charge in [-0.1, -0.05) is 42.1 Å². The monoisotopic (exact) mass is 384 g/mol. The zero-order valence-corrected chi connectivity index (χ0v) is 15.9. The van der Waals surface area contributed by atoms with Crippen LogP contribution in [0.3, 0.4) is 0 Å². The Morgan fingerprint density at radius 3 is 2.39 bits per heavy atom. The molecule has 0 fully saturated rings. The van der Waals surface area contributed by atoms with Gasteiger partial charge < -0.3 is 0 Å². The normalized spacial score (nSPS) is 10.6. The maximum Gasteiger partial charge on any atom is 0.280 e. The maximum absolute atomic E-state index is 12.9. The van der Waals surface area contributed by atoms with Crippen LogP contribution in [-0.2, 0) is 0 Å². The summed E-state index contributed by atoms with van der Waals surface area (Å²) in [6.45, 7) is 1.85. The molecule has 1 N–H and O–H groups in total. The van der Waals surface area contributed by atoms with Crippen LogP contribution in [-0.4, -0.2) is 14.8 Å². The summed E-state index contributed by atoms with van der Waals surface area (Å²) in [5.74, 6) is 0.533. The van der Waals surface area contributed by atoms with E-state index in [-0.39, 0.29) is 5.56 Å². The highest BCUT2D eigenvalue weighted by Crippen LogP contribution is 2.27. The van der Waals surface area contributed by atoms with Crippen molar-refractivity contribution in [2.75, 3.05) is 0 Å². The molecule has 0 unspecified atom stereocenters. The van der Waals surface area contributed by atoms with Crippen LogP contribution in [0.2, 0.25) is 0 Å². The SMILES string of the molecule is Cc1[nH]n(-c2ccc(Sc3ccccc3)cn2)c(=O)c1-c1ccc(C#N)cc1. The molecule has 136 valence electrons. The van der Waals surface area contributed by atoms with E-state index < -0.39 is 0 Å². The van der Waals surface area contributed by atoms with E-state index in [1.165, 1.54) is 4.68 Å². The van der Waals surface area contributed by atoms with Crippen molar-refractivity contribution in [2.45, 2.75) is 16.7 Å². The summed E-state index contributed by atoms with van der Waals surface area (Å²) in [4.78, 5) is 19.5. The van der Waals surface area contributed by atoms with E-state index in [1.54, 1.807) is 42.2 Å². The average Bonchev–Trinajstić information content (AvgIpc) is 3.03. The molecule has 4 rings (SSSR count). The number of nitrogens with zero attached hydrogens (tertiary/aromatic N) is 3. The van der Waals surface area contributed by atoms with Crippen LogP contribution < -0.4 is 5.56 Å². The predicted molar refractivity (Wildman–Crippen MR) is 110 cm³/mol. The summed E-state index contributed by atoms with van der Waals surface area (Å²) >= 11 is 1.62. The molecule has 0 aliphatic heterocycles. The topological polar surface area (TPSA) is 74.5 Å². The number of hydrogen-bond donors (Lipinski definition) is 1. The lowest BCUT2D eigenvalue weighted by Crippen LogP contribution is -2.16. The first kappa shape index (κ1) is 17.8. The Hall–Kier alpha value is -3.56. The zero-order chi connectivity index (χ0) is 19.5. The van der Waals surface area contributed by atoms with Gasteiger partial charge in [-0.2, -0.15) is 5.26 Å². The molecule has 2 heterocycles. The summed E-state index contributed by atoms with van der Waals surface area (Å²) in [5.41, 5.74) is 2.49. The van der Waals surface area contributed by atoms with Crippen molar-refractivity contribution in [1.29, 1.82) is 5.26 Å². The van der Waals surface area contributed by atoms with Gasteiger partial charge in [0.05, 0.1) is 17.2 Å². The molecule has 6 heteroatoms. The van der Waals surface area contributed by atoms with Gasteiger partial charge >= 0.3 is 0 Å². The highest BCUT2D eigenvalue weighted by atomic mass is 32.2. The Morgan fingerprint density at radius 1 is 1.00 bits per heavy atom. The predicted octanol–water partition coefficient (Wildman–Crippen LogP) is 4.56. The Bertz CT molecular complexity index is 1200. The number of aryl methyl sites for hydroxylation is 1. The van der Waals surface area contributed by atoms with Crippen molar-refractivity contribution in [1.82, 2.24) is 14.8 Å². The molecular weight excluding hydrogens is 368 g/mol. The molecule has 0 radical (unpaired) electrons. The van der Waals surface area contributed by atoms with Crippen molar-refractivity contribution in [3.63, 3.8) is 0 Å². The average molecular weight is 384 g/mol. The van der Waals surface area contributed by atoms with E-state index >= 15 is 0 Å². The summed E-state index contributed by atoms with van der Waals surface area (Å²) in [6, 6.07) is 22.9. The first-order chi connectivity index (χ1) is 13.7. The largest absolute Gasteiger partial charge is 0.293 e. The van der Waals surface area contributed by atoms with Crippen LogP contribution in [0.25, 0.3) is 16.9 Å². The minimum absolute atomic E-state index is 0.168. The van der Waals surface area contributed by atoms with Gasteiger partial charge in [0.25, 0.3) is 5.56 Å². The number of nitrogens with one attached hydrogen (secondary N) is 1. The van der Waals surface area contributed by atoms with Gasteiger partial charge in [0.2, 0.25) is 0 Å². The van der Waals surface area contributed by atoms with Gasteiger partial charge in [-0.05, 0) is 48.9 Å². The van der Waals surface area contributed by atoms with Crippen LogP contribution in [0.4, 0.5) is 0 Å². The molecule has 2 aromatic heterocycles. The second kappa shape index (κ2) is 7.59. The summed E-state index contributed by atoms with van der Waals surface area (Å²) < 4.78 is 1.44. The van der Waals surface area contributed by atoms with Gasteiger partial charge in [0, 0.05) is 21.7 Å². The van der Waals surface area contributed by atoms with Crippen molar-refractivity contribution in [3.8, 4) is 23.0 Å². The standard InChI is InChI=1S/C22H16N4OS/c1-15-21(17-9-7-16(13-23)8-10-17)22(27)26(25-15)20-12-11-19(14-24-20)28-18-5-3-2-4-6-18/h2-12,14,25H,1H3. The fourth-order valence-corrected chi connectivity index (χ4v) is 3.76. The Labute approximate surface area is 166 Å². The second-order valence-electron chi connectivity index (χ2n) is 6.21. The lowest BCUT2D eigenvalue weighted by Gasteiger charge is -2.04.